The van der Waals surface area contributed by atoms with Gasteiger partial charge in [0.05, 0.1) is 6.61 Å². The van der Waals surface area contributed by atoms with E-state index in [1.165, 1.54) is 44.5 Å². The standard InChI is InChI=1S/C24H33NO3.ClH/c1-3-9-22(10-4-1)21-28-24-13-11-23(12-14-24)27-20-8-19-26-18-7-17-25-15-5-2-6-16-25;/h1,3-4,9-14H,2,5-8,15-21H2;1H. The summed E-state index contributed by atoms with van der Waals surface area (Å²) in [6.07, 6.45) is 6.16. The van der Waals surface area contributed by atoms with Crippen molar-refractivity contribution < 1.29 is 14.2 Å². The summed E-state index contributed by atoms with van der Waals surface area (Å²) >= 11 is 0. The van der Waals surface area contributed by atoms with Crippen LogP contribution in [0, 0.1) is 0 Å². The summed E-state index contributed by atoms with van der Waals surface area (Å²) < 4.78 is 17.3. The fraction of sp³-hybridized carbons (Fsp3) is 0.500. The molecule has 0 saturated carbocycles. The normalized spacial score (nSPS) is 14.2. The Morgan fingerprint density at radius 1 is 0.690 bits per heavy atom. The van der Waals surface area contributed by atoms with E-state index in [0.29, 0.717) is 13.2 Å². The zero-order valence-corrected chi connectivity index (χ0v) is 18.1. The minimum atomic E-state index is 0. The molecule has 29 heavy (non-hydrogen) atoms. The van der Waals surface area contributed by atoms with Gasteiger partial charge in [-0.25, -0.2) is 0 Å². The van der Waals surface area contributed by atoms with Gasteiger partial charge in [-0.15, -0.1) is 12.4 Å². The molecule has 1 aliphatic heterocycles. The number of benzene rings is 2. The average molecular weight is 420 g/mol. The van der Waals surface area contributed by atoms with Crippen molar-refractivity contribution >= 4 is 12.4 Å². The molecule has 0 unspecified atom stereocenters. The van der Waals surface area contributed by atoms with E-state index in [1.807, 2.05) is 42.5 Å². The first-order valence-corrected chi connectivity index (χ1v) is 10.6. The number of rotatable bonds is 12. The van der Waals surface area contributed by atoms with Crippen LogP contribution < -0.4 is 9.47 Å². The van der Waals surface area contributed by atoms with Gasteiger partial charge in [0.15, 0.2) is 0 Å². The molecule has 160 valence electrons. The Labute approximate surface area is 181 Å². The highest BCUT2D eigenvalue weighted by Gasteiger charge is 2.08. The number of hydrogen-bond donors (Lipinski definition) is 0. The molecular formula is C24H34ClNO3. The molecule has 1 saturated heterocycles. The first kappa shape index (κ1) is 23.5. The fourth-order valence-electron chi connectivity index (χ4n) is 3.40. The van der Waals surface area contributed by atoms with Gasteiger partial charge in [0.25, 0.3) is 0 Å². The van der Waals surface area contributed by atoms with Crippen LogP contribution in [0.2, 0.25) is 0 Å². The molecule has 4 nitrogen and oxygen atoms in total. The highest BCUT2D eigenvalue weighted by atomic mass is 35.5. The van der Waals surface area contributed by atoms with Crippen molar-refractivity contribution in [2.24, 2.45) is 0 Å². The number of halogens is 1. The molecule has 3 rings (SSSR count). The van der Waals surface area contributed by atoms with Crippen molar-refractivity contribution in [3.8, 4) is 11.5 Å². The summed E-state index contributed by atoms with van der Waals surface area (Å²) in [4.78, 5) is 2.56. The van der Waals surface area contributed by atoms with E-state index in [4.69, 9.17) is 14.2 Å². The molecule has 5 heteroatoms. The van der Waals surface area contributed by atoms with Gasteiger partial charge in [0.2, 0.25) is 0 Å². The summed E-state index contributed by atoms with van der Waals surface area (Å²) in [5, 5.41) is 0. The molecule has 2 aromatic carbocycles. The lowest BCUT2D eigenvalue weighted by Gasteiger charge is -2.26. The van der Waals surface area contributed by atoms with Crippen LogP contribution in [0.25, 0.3) is 0 Å². The largest absolute Gasteiger partial charge is 0.494 e. The lowest BCUT2D eigenvalue weighted by atomic mass is 10.1. The molecule has 0 radical (unpaired) electrons. The van der Waals surface area contributed by atoms with E-state index in [9.17, 15) is 0 Å². The first-order chi connectivity index (χ1) is 13.9. The topological polar surface area (TPSA) is 30.9 Å². The van der Waals surface area contributed by atoms with Crippen LogP contribution in [0.5, 0.6) is 11.5 Å². The van der Waals surface area contributed by atoms with Crippen molar-refractivity contribution in [3.05, 3.63) is 60.2 Å². The van der Waals surface area contributed by atoms with Gasteiger partial charge in [-0.3, -0.25) is 0 Å². The molecule has 2 aromatic rings. The first-order valence-electron chi connectivity index (χ1n) is 10.6. The Morgan fingerprint density at radius 3 is 2.07 bits per heavy atom. The van der Waals surface area contributed by atoms with E-state index in [1.54, 1.807) is 0 Å². The third kappa shape index (κ3) is 9.53. The second-order valence-corrected chi connectivity index (χ2v) is 7.32. The molecule has 0 aromatic heterocycles. The van der Waals surface area contributed by atoms with Crippen LogP contribution in [0.15, 0.2) is 54.6 Å². The number of piperidine rings is 1. The van der Waals surface area contributed by atoms with Gasteiger partial charge in [-0.05, 0) is 62.2 Å². The highest BCUT2D eigenvalue weighted by Crippen LogP contribution is 2.19. The summed E-state index contributed by atoms with van der Waals surface area (Å²) in [5.41, 5.74) is 1.17. The summed E-state index contributed by atoms with van der Waals surface area (Å²) in [6.45, 7) is 6.58. The molecule has 1 heterocycles. The maximum absolute atomic E-state index is 5.79. The number of ether oxygens (including phenoxy) is 3. The zero-order chi connectivity index (χ0) is 19.3. The van der Waals surface area contributed by atoms with E-state index < -0.39 is 0 Å². The average Bonchev–Trinajstić information content (AvgIpc) is 2.76. The minimum Gasteiger partial charge on any atom is -0.494 e. The van der Waals surface area contributed by atoms with Crippen LogP contribution in [0.4, 0.5) is 0 Å². The predicted molar refractivity (Wildman–Crippen MR) is 120 cm³/mol. The van der Waals surface area contributed by atoms with Gasteiger partial charge in [-0.2, -0.15) is 0 Å². The van der Waals surface area contributed by atoms with Gasteiger partial charge in [-0.1, -0.05) is 36.8 Å². The van der Waals surface area contributed by atoms with Crippen molar-refractivity contribution in [3.63, 3.8) is 0 Å². The summed E-state index contributed by atoms with van der Waals surface area (Å²) in [5.74, 6) is 1.73. The Hall–Kier alpha value is -1.75. The van der Waals surface area contributed by atoms with Gasteiger partial charge >= 0.3 is 0 Å². The maximum Gasteiger partial charge on any atom is 0.120 e. The molecule has 0 atom stereocenters. The number of nitrogens with zero attached hydrogens (tertiary/aromatic N) is 1. The van der Waals surface area contributed by atoms with E-state index in [0.717, 1.165) is 37.6 Å². The van der Waals surface area contributed by atoms with Crippen LogP contribution in [0.3, 0.4) is 0 Å². The van der Waals surface area contributed by atoms with Crippen LogP contribution >= 0.6 is 12.4 Å². The van der Waals surface area contributed by atoms with Crippen molar-refractivity contribution in [1.29, 1.82) is 0 Å². The Bertz CT molecular complexity index is 645. The summed E-state index contributed by atoms with van der Waals surface area (Å²) in [6, 6.07) is 18.0. The van der Waals surface area contributed by atoms with E-state index in [-0.39, 0.29) is 12.4 Å². The summed E-state index contributed by atoms with van der Waals surface area (Å²) in [7, 11) is 0. The Morgan fingerprint density at radius 2 is 1.34 bits per heavy atom. The van der Waals surface area contributed by atoms with Crippen LogP contribution in [-0.4, -0.2) is 44.4 Å². The Balaban J connectivity index is 0.00000300. The van der Waals surface area contributed by atoms with Crippen molar-refractivity contribution in [1.82, 2.24) is 4.90 Å². The molecule has 1 fully saturated rings. The second kappa shape index (κ2) is 14.3. The fourth-order valence-corrected chi connectivity index (χ4v) is 3.40. The van der Waals surface area contributed by atoms with E-state index >= 15 is 0 Å². The van der Waals surface area contributed by atoms with Gasteiger partial charge in [0.1, 0.15) is 18.1 Å². The molecule has 0 aliphatic carbocycles. The molecule has 1 aliphatic rings. The van der Waals surface area contributed by atoms with Crippen LogP contribution in [0.1, 0.15) is 37.7 Å². The maximum atomic E-state index is 5.79. The SMILES string of the molecule is Cl.c1ccc(COc2ccc(OCCCOCCCN3CCCCC3)cc2)cc1. The molecule has 0 amide bonds. The quantitative estimate of drug-likeness (QED) is 0.434. The predicted octanol–water partition coefficient (Wildman–Crippen LogP) is 5.35. The number of hydrogen-bond acceptors (Lipinski definition) is 4. The second-order valence-electron chi connectivity index (χ2n) is 7.32. The zero-order valence-electron chi connectivity index (χ0n) is 17.3. The molecular weight excluding hydrogens is 386 g/mol. The molecule has 0 spiro atoms. The molecule has 0 bridgehead atoms. The van der Waals surface area contributed by atoms with Crippen molar-refractivity contribution in [2.45, 2.75) is 38.7 Å². The van der Waals surface area contributed by atoms with Gasteiger partial charge < -0.3 is 19.1 Å². The third-order valence-corrected chi connectivity index (χ3v) is 4.99. The van der Waals surface area contributed by atoms with Crippen molar-refractivity contribution in [2.75, 3.05) is 39.5 Å². The van der Waals surface area contributed by atoms with E-state index in [2.05, 4.69) is 17.0 Å². The smallest absolute Gasteiger partial charge is 0.120 e. The third-order valence-electron chi connectivity index (χ3n) is 4.99. The molecule has 0 N–H and O–H groups in total. The van der Waals surface area contributed by atoms with Gasteiger partial charge in [0, 0.05) is 26.2 Å². The lowest BCUT2D eigenvalue weighted by Crippen LogP contribution is -2.31. The monoisotopic (exact) mass is 419 g/mol. The lowest BCUT2D eigenvalue weighted by molar-refractivity contribution is 0.105. The van der Waals surface area contributed by atoms with Crippen LogP contribution in [-0.2, 0) is 11.3 Å². The minimum absolute atomic E-state index is 0. The number of likely N-dealkylation sites (tertiary alicyclic amines) is 1. The Kier molecular flexibility index (Phi) is 11.6. The highest BCUT2D eigenvalue weighted by molar-refractivity contribution is 5.85.